The SMILES string of the molecule is O=C(CCc1cn(-c2ccccc2)nc1-c1ccc2c(c1)OCO2)NCCCc1ccccc1. The highest BCUT2D eigenvalue weighted by Gasteiger charge is 2.18. The fourth-order valence-corrected chi connectivity index (χ4v) is 4.09. The summed E-state index contributed by atoms with van der Waals surface area (Å²) in [5.74, 6) is 1.51. The number of nitrogens with one attached hydrogen (secondary N) is 1. The van der Waals surface area contributed by atoms with E-state index in [-0.39, 0.29) is 12.7 Å². The first-order valence-electron chi connectivity index (χ1n) is 11.6. The van der Waals surface area contributed by atoms with Gasteiger partial charge in [0.05, 0.1) is 11.4 Å². The van der Waals surface area contributed by atoms with Crippen molar-refractivity contribution in [1.82, 2.24) is 15.1 Å². The van der Waals surface area contributed by atoms with Crippen molar-refractivity contribution in [2.24, 2.45) is 0 Å². The summed E-state index contributed by atoms with van der Waals surface area (Å²) in [5, 5.41) is 7.90. The Morgan fingerprint density at radius 2 is 1.68 bits per heavy atom. The Balaban J connectivity index is 1.26. The molecule has 5 rings (SSSR count). The third kappa shape index (κ3) is 5.12. The van der Waals surface area contributed by atoms with Gasteiger partial charge < -0.3 is 14.8 Å². The lowest BCUT2D eigenvalue weighted by atomic mass is 10.0. The first-order valence-corrected chi connectivity index (χ1v) is 11.6. The number of benzene rings is 3. The van der Waals surface area contributed by atoms with E-state index in [2.05, 4.69) is 17.4 Å². The minimum absolute atomic E-state index is 0.0529. The fraction of sp³-hybridized carbons (Fsp3) is 0.214. The average molecular weight is 454 g/mol. The van der Waals surface area contributed by atoms with E-state index in [4.69, 9.17) is 14.6 Å². The molecule has 0 radical (unpaired) electrons. The summed E-state index contributed by atoms with van der Waals surface area (Å²) in [7, 11) is 0. The summed E-state index contributed by atoms with van der Waals surface area (Å²) < 4.78 is 12.9. The molecule has 0 atom stereocenters. The molecule has 4 aromatic rings. The topological polar surface area (TPSA) is 65.4 Å². The summed E-state index contributed by atoms with van der Waals surface area (Å²) in [4.78, 5) is 12.5. The summed E-state index contributed by atoms with van der Waals surface area (Å²) in [5.41, 5.74) is 5.07. The molecule has 0 bridgehead atoms. The summed E-state index contributed by atoms with van der Waals surface area (Å²) in [6.07, 6.45) is 4.89. The quantitative estimate of drug-likeness (QED) is 0.364. The molecule has 1 amide bonds. The van der Waals surface area contributed by atoms with Crippen LogP contribution in [0.5, 0.6) is 11.5 Å². The Labute approximate surface area is 199 Å². The Morgan fingerprint density at radius 1 is 0.912 bits per heavy atom. The molecule has 1 aliphatic rings. The predicted octanol–water partition coefficient (Wildman–Crippen LogP) is 4.95. The number of hydrogen-bond donors (Lipinski definition) is 1. The molecule has 0 aliphatic carbocycles. The number of para-hydroxylation sites is 1. The largest absolute Gasteiger partial charge is 0.454 e. The number of ether oxygens (including phenoxy) is 2. The molecule has 0 saturated heterocycles. The normalized spacial score (nSPS) is 12.0. The Kier molecular flexibility index (Phi) is 6.56. The molecule has 34 heavy (non-hydrogen) atoms. The molecule has 172 valence electrons. The van der Waals surface area contributed by atoms with Crippen LogP contribution in [0, 0.1) is 0 Å². The standard InChI is InChI=1S/C28H27N3O3/c32-27(29-17-7-10-21-8-3-1-4-9-21)16-14-23-19-31(24-11-5-2-6-12-24)30-28(23)22-13-15-25-26(18-22)34-20-33-25/h1-6,8-9,11-13,15,18-19H,7,10,14,16-17,20H2,(H,29,32). The minimum atomic E-state index is 0.0529. The van der Waals surface area contributed by atoms with Crippen molar-refractivity contribution in [3.8, 4) is 28.4 Å². The van der Waals surface area contributed by atoms with Crippen LogP contribution >= 0.6 is 0 Å². The van der Waals surface area contributed by atoms with Gasteiger partial charge >= 0.3 is 0 Å². The lowest BCUT2D eigenvalue weighted by Crippen LogP contribution is -2.25. The molecule has 0 spiro atoms. The second-order valence-electron chi connectivity index (χ2n) is 8.29. The van der Waals surface area contributed by atoms with Gasteiger partial charge in [-0.05, 0) is 60.7 Å². The molecular formula is C28H27N3O3. The molecule has 0 fully saturated rings. The van der Waals surface area contributed by atoms with Gasteiger partial charge in [-0.1, -0.05) is 48.5 Å². The highest BCUT2D eigenvalue weighted by molar-refractivity contribution is 5.77. The van der Waals surface area contributed by atoms with E-state index in [9.17, 15) is 4.79 Å². The number of rotatable bonds is 9. The number of hydrogen-bond acceptors (Lipinski definition) is 4. The van der Waals surface area contributed by atoms with Crippen molar-refractivity contribution in [2.45, 2.75) is 25.7 Å². The fourth-order valence-electron chi connectivity index (χ4n) is 4.09. The molecule has 0 unspecified atom stereocenters. The Bertz CT molecular complexity index is 1250. The molecular weight excluding hydrogens is 426 g/mol. The Morgan fingerprint density at radius 3 is 2.50 bits per heavy atom. The van der Waals surface area contributed by atoms with Crippen LogP contribution in [0.25, 0.3) is 16.9 Å². The number of aromatic nitrogens is 2. The number of amides is 1. The van der Waals surface area contributed by atoms with Gasteiger partial charge in [-0.25, -0.2) is 4.68 Å². The maximum Gasteiger partial charge on any atom is 0.231 e. The van der Waals surface area contributed by atoms with Crippen molar-refractivity contribution < 1.29 is 14.3 Å². The molecule has 1 aliphatic heterocycles. The van der Waals surface area contributed by atoms with Crippen molar-refractivity contribution in [1.29, 1.82) is 0 Å². The van der Waals surface area contributed by atoms with E-state index in [1.807, 2.05) is 77.6 Å². The number of aryl methyl sites for hydroxylation is 2. The van der Waals surface area contributed by atoms with Gasteiger partial charge in [0.1, 0.15) is 0 Å². The number of carbonyl (C=O) groups is 1. The Hall–Kier alpha value is -4.06. The maximum atomic E-state index is 12.5. The first-order chi connectivity index (χ1) is 16.8. The van der Waals surface area contributed by atoms with E-state index < -0.39 is 0 Å². The van der Waals surface area contributed by atoms with E-state index >= 15 is 0 Å². The first kappa shape index (κ1) is 21.8. The molecule has 2 heterocycles. The average Bonchev–Trinajstić information content (AvgIpc) is 3.53. The summed E-state index contributed by atoms with van der Waals surface area (Å²) in [6, 6.07) is 26.2. The zero-order valence-corrected chi connectivity index (χ0v) is 18.9. The minimum Gasteiger partial charge on any atom is -0.454 e. The van der Waals surface area contributed by atoms with E-state index in [1.54, 1.807) is 0 Å². The van der Waals surface area contributed by atoms with Crippen molar-refractivity contribution in [3.05, 3.63) is 96.2 Å². The molecule has 6 heteroatoms. The van der Waals surface area contributed by atoms with Gasteiger partial charge in [0.15, 0.2) is 11.5 Å². The van der Waals surface area contributed by atoms with Crippen LogP contribution in [0.2, 0.25) is 0 Å². The van der Waals surface area contributed by atoms with Gasteiger partial charge in [-0.3, -0.25) is 4.79 Å². The second-order valence-corrected chi connectivity index (χ2v) is 8.29. The highest BCUT2D eigenvalue weighted by Crippen LogP contribution is 2.36. The van der Waals surface area contributed by atoms with Gasteiger partial charge in [0.25, 0.3) is 0 Å². The van der Waals surface area contributed by atoms with Crippen LogP contribution in [0.4, 0.5) is 0 Å². The lowest BCUT2D eigenvalue weighted by Gasteiger charge is -2.06. The summed E-state index contributed by atoms with van der Waals surface area (Å²) in [6.45, 7) is 0.903. The molecule has 6 nitrogen and oxygen atoms in total. The van der Waals surface area contributed by atoms with Gasteiger partial charge in [0, 0.05) is 24.7 Å². The summed E-state index contributed by atoms with van der Waals surface area (Å²) >= 11 is 0. The van der Waals surface area contributed by atoms with Gasteiger partial charge in [-0.15, -0.1) is 0 Å². The van der Waals surface area contributed by atoms with E-state index in [1.165, 1.54) is 5.56 Å². The van der Waals surface area contributed by atoms with Crippen LogP contribution in [0.15, 0.2) is 85.1 Å². The maximum absolute atomic E-state index is 12.5. The lowest BCUT2D eigenvalue weighted by molar-refractivity contribution is -0.121. The number of nitrogens with zero attached hydrogens (tertiary/aromatic N) is 2. The molecule has 0 saturated carbocycles. The number of carbonyl (C=O) groups excluding carboxylic acids is 1. The van der Waals surface area contributed by atoms with Crippen LogP contribution in [0.3, 0.4) is 0 Å². The second kappa shape index (κ2) is 10.3. The monoisotopic (exact) mass is 453 g/mol. The van der Waals surface area contributed by atoms with Crippen LogP contribution < -0.4 is 14.8 Å². The number of fused-ring (bicyclic) bond motifs is 1. The van der Waals surface area contributed by atoms with E-state index in [0.717, 1.165) is 41.1 Å². The van der Waals surface area contributed by atoms with Crippen molar-refractivity contribution >= 4 is 5.91 Å². The van der Waals surface area contributed by atoms with Gasteiger partial charge in [-0.2, -0.15) is 5.10 Å². The van der Waals surface area contributed by atoms with Gasteiger partial charge in [0.2, 0.25) is 12.7 Å². The molecule has 1 aromatic heterocycles. The highest BCUT2D eigenvalue weighted by atomic mass is 16.7. The van der Waals surface area contributed by atoms with E-state index in [0.29, 0.717) is 25.1 Å². The predicted molar refractivity (Wildman–Crippen MR) is 131 cm³/mol. The van der Waals surface area contributed by atoms with Crippen molar-refractivity contribution in [2.75, 3.05) is 13.3 Å². The molecule has 1 N–H and O–H groups in total. The van der Waals surface area contributed by atoms with Crippen LogP contribution in [-0.2, 0) is 17.6 Å². The zero-order chi connectivity index (χ0) is 23.2. The zero-order valence-electron chi connectivity index (χ0n) is 18.9. The van der Waals surface area contributed by atoms with Crippen LogP contribution in [0.1, 0.15) is 24.0 Å². The third-order valence-electron chi connectivity index (χ3n) is 5.89. The smallest absolute Gasteiger partial charge is 0.231 e. The third-order valence-corrected chi connectivity index (χ3v) is 5.89. The van der Waals surface area contributed by atoms with Crippen LogP contribution in [-0.4, -0.2) is 29.0 Å². The molecule has 3 aromatic carbocycles. The van der Waals surface area contributed by atoms with Crippen molar-refractivity contribution in [3.63, 3.8) is 0 Å².